The molecule has 2 N–H and O–H groups in total. The Labute approximate surface area is 167 Å². The Morgan fingerprint density at radius 2 is 2.24 bits per heavy atom. The molecule has 1 atom stereocenters. The van der Waals surface area contributed by atoms with E-state index in [-0.39, 0.29) is 23.5 Å². The molecule has 0 saturated carbocycles. The van der Waals surface area contributed by atoms with Gasteiger partial charge in [0.1, 0.15) is 5.82 Å². The quantitative estimate of drug-likeness (QED) is 0.666. The molecule has 1 aromatic carbocycles. The summed E-state index contributed by atoms with van der Waals surface area (Å²) < 4.78 is 15.5. The summed E-state index contributed by atoms with van der Waals surface area (Å²) in [7, 11) is 0. The van der Waals surface area contributed by atoms with Crippen LogP contribution >= 0.6 is 0 Å². The monoisotopic (exact) mass is 399 g/mol. The Balaban J connectivity index is 1.49. The van der Waals surface area contributed by atoms with Gasteiger partial charge in [-0.15, -0.1) is 0 Å². The summed E-state index contributed by atoms with van der Waals surface area (Å²) in [5.41, 5.74) is 1.50. The summed E-state index contributed by atoms with van der Waals surface area (Å²) in [6.45, 7) is 6.58. The van der Waals surface area contributed by atoms with Crippen molar-refractivity contribution in [3.05, 3.63) is 45.6 Å². The molecule has 1 fully saturated rings. The average molecular weight is 399 g/mol. The zero-order valence-corrected chi connectivity index (χ0v) is 16.8. The van der Waals surface area contributed by atoms with E-state index in [1.54, 1.807) is 19.1 Å². The van der Waals surface area contributed by atoms with Crippen LogP contribution < -0.4 is 10.9 Å². The van der Waals surface area contributed by atoms with Crippen molar-refractivity contribution in [2.75, 3.05) is 19.6 Å². The SMILES string of the molecule is CCN1CCC[C@@H]1CNC(=O)CCc1c(C)nc2c3c(F)cccc3[nH]n2c1=O. The molecule has 0 bridgehead atoms. The molecule has 0 radical (unpaired) electrons. The van der Waals surface area contributed by atoms with Crippen LogP contribution in [0.15, 0.2) is 23.0 Å². The standard InChI is InChI=1S/C21H26FN5O2/c1-3-26-11-5-6-14(26)12-23-18(28)10-9-15-13(2)24-20-19-16(22)7-4-8-17(19)25-27(20)21(15)29/h4,7-8,14,25H,3,5-6,9-12H2,1-2H3,(H,23,28)/t14-/m1/s1. The molecule has 4 rings (SSSR count). The first-order chi connectivity index (χ1) is 14.0. The smallest absolute Gasteiger partial charge is 0.276 e. The van der Waals surface area contributed by atoms with Crippen molar-refractivity contribution in [1.82, 2.24) is 24.8 Å². The third-order valence-electron chi connectivity index (χ3n) is 5.90. The third kappa shape index (κ3) is 3.64. The van der Waals surface area contributed by atoms with Gasteiger partial charge in [0.05, 0.1) is 10.9 Å². The Morgan fingerprint density at radius 1 is 1.41 bits per heavy atom. The van der Waals surface area contributed by atoms with Gasteiger partial charge < -0.3 is 5.32 Å². The molecule has 8 heteroatoms. The lowest BCUT2D eigenvalue weighted by molar-refractivity contribution is -0.121. The number of H-pyrrole nitrogens is 1. The molecule has 154 valence electrons. The molecule has 1 saturated heterocycles. The van der Waals surface area contributed by atoms with Gasteiger partial charge >= 0.3 is 0 Å². The number of rotatable bonds is 6. The number of fused-ring (bicyclic) bond motifs is 3. The lowest BCUT2D eigenvalue weighted by Crippen LogP contribution is -2.40. The molecule has 3 heterocycles. The molecule has 1 aliphatic rings. The number of hydrogen-bond acceptors (Lipinski definition) is 4. The van der Waals surface area contributed by atoms with Crippen LogP contribution in [0, 0.1) is 12.7 Å². The van der Waals surface area contributed by atoms with Gasteiger partial charge in [-0.25, -0.2) is 13.9 Å². The Kier molecular flexibility index (Phi) is 5.36. The summed E-state index contributed by atoms with van der Waals surface area (Å²) in [5.74, 6) is -0.493. The van der Waals surface area contributed by atoms with Crippen molar-refractivity contribution in [3.63, 3.8) is 0 Å². The van der Waals surface area contributed by atoms with Gasteiger partial charge in [-0.2, -0.15) is 0 Å². The molecule has 3 aromatic rings. The van der Waals surface area contributed by atoms with Crippen molar-refractivity contribution in [3.8, 4) is 0 Å². The van der Waals surface area contributed by atoms with Gasteiger partial charge in [-0.1, -0.05) is 13.0 Å². The number of nitrogens with one attached hydrogen (secondary N) is 2. The van der Waals surface area contributed by atoms with Gasteiger partial charge in [-0.05, 0) is 51.4 Å². The Hall–Kier alpha value is -2.74. The summed E-state index contributed by atoms with van der Waals surface area (Å²) in [6.07, 6.45) is 2.79. The van der Waals surface area contributed by atoms with Crippen LogP contribution in [0.3, 0.4) is 0 Å². The van der Waals surface area contributed by atoms with E-state index in [0.717, 1.165) is 19.5 Å². The number of benzene rings is 1. The highest BCUT2D eigenvalue weighted by molar-refractivity contribution is 5.92. The van der Waals surface area contributed by atoms with Crippen molar-refractivity contribution < 1.29 is 9.18 Å². The van der Waals surface area contributed by atoms with E-state index in [0.29, 0.717) is 41.2 Å². The number of likely N-dealkylation sites (N-methyl/N-ethyl adjacent to an activating group) is 1. The summed E-state index contributed by atoms with van der Waals surface area (Å²) in [6, 6.07) is 5.04. The lowest BCUT2D eigenvalue weighted by Gasteiger charge is -2.22. The van der Waals surface area contributed by atoms with Crippen molar-refractivity contribution in [2.24, 2.45) is 0 Å². The van der Waals surface area contributed by atoms with Crippen molar-refractivity contribution in [1.29, 1.82) is 0 Å². The summed E-state index contributed by atoms with van der Waals surface area (Å²) in [5, 5.41) is 6.21. The number of hydrogen-bond donors (Lipinski definition) is 2. The zero-order valence-electron chi connectivity index (χ0n) is 16.8. The minimum Gasteiger partial charge on any atom is -0.355 e. The lowest BCUT2D eigenvalue weighted by atomic mass is 10.1. The average Bonchev–Trinajstić information content (AvgIpc) is 3.31. The van der Waals surface area contributed by atoms with Gasteiger partial charge in [0.25, 0.3) is 5.56 Å². The molecular weight excluding hydrogens is 373 g/mol. The van der Waals surface area contributed by atoms with Crippen LogP contribution in [0.5, 0.6) is 0 Å². The molecular formula is C21H26FN5O2. The van der Waals surface area contributed by atoms with E-state index in [1.165, 1.54) is 17.0 Å². The fourth-order valence-electron chi connectivity index (χ4n) is 4.29. The van der Waals surface area contributed by atoms with E-state index in [9.17, 15) is 14.0 Å². The third-order valence-corrected chi connectivity index (χ3v) is 5.90. The Morgan fingerprint density at radius 3 is 3.03 bits per heavy atom. The summed E-state index contributed by atoms with van der Waals surface area (Å²) in [4.78, 5) is 32.1. The maximum absolute atomic E-state index is 14.2. The molecule has 2 aromatic heterocycles. The van der Waals surface area contributed by atoms with Crippen molar-refractivity contribution >= 4 is 22.5 Å². The molecule has 1 aliphatic heterocycles. The fourth-order valence-corrected chi connectivity index (χ4v) is 4.29. The van der Waals surface area contributed by atoms with Crippen LogP contribution in [0.4, 0.5) is 4.39 Å². The number of aromatic amines is 1. The van der Waals surface area contributed by atoms with Gasteiger partial charge in [0.2, 0.25) is 5.91 Å². The molecule has 0 unspecified atom stereocenters. The Bertz CT molecular complexity index is 1120. The van der Waals surface area contributed by atoms with E-state index in [4.69, 9.17) is 0 Å². The molecule has 29 heavy (non-hydrogen) atoms. The molecule has 1 amide bonds. The number of aromatic nitrogens is 3. The number of aryl methyl sites for hydroxylation is 1. The van der Waals surface area contributed by atoms with Crippen molar-refractivity contribution in [2.45, 2.75) is 45.6 Å². The molecule has 7 nitrogen and oxygen atoms in total. The number of nitrogens with zero attached hydrogens (tertiary/aromatic N) is 3. The first-order valence-corrected chi connectivity index (χ1v) is 10.2. The van der Waals surface area contributed by atoms with Crippen LogP contribution in [-0.4, -0.2) is 51.1 Å². The largest absolute Gasteiger partial charge is 0.355 e. The van der Waals surface area contributed by atoms with Gasteiger partial charge in [-0.3, -0.25) is 19.6 Å². The number of amides is 1. The van der Waals surface area contributed by atoms with Crippen LogP contribution in [-0.2, 0) is 11.2 Å². The van der Waals surface area contributed by atoms with Crippen LogP contribution in [0.1, 0.15) is 37.4 Å². The fraction of sp³-hybridized carbons (Fsp3) is 0.476. The topological polar surface area (TPSA) is 82.5 Å². The van der Waals surface area contributed by atoms with E-state index >= 15 is 0 Å². The first kappa shape index (κ1) is 19.6. The highest BCUT2D eigenvalue weighted by Gasteiger charge is 2.23. The zero-order chi connectivity index (χ0) is 20.5. The van der Waals surface area contributed by atoms with E-state index in [2.05, 4.69) is 27.2 Å². The minimum atomic E-state index is -0.423. The minimum absolute atomic E-state index is 0.0699. The second-order valence-corrected chi connectivity index (χ2v) is 7.64. The van der Waals surface area contributed by atoms with Crippen LogP contribution in [0.2, 0.25) is 0 Å². The highest BCUT2D eigenvalue weighted by atomic mass is 19.1. The van der Waals surface area contributed by atoms with Crippen LogP contribution in [0.25, 0.3) is 16.6 Å². The first-order valence-electron chi connectivity index (χ1n) is 10.2. The maximum Gasteiger partial charge on any atom is 0.276 e. The highest BCUT2D eigenvalue weighted by Crippen LogP contribution is 2.21. The second-order valence-electron chi connectivity index (χ2n) is 7.64. The molecule has 0 aliphatic carbocycles. The predicted octanol–water partition coefficient (Wildman–Crippen LogP) is 2.16. The van der Waals surface area contributed by atoms with E-state index in [1.807, 2.05) is 0 Å². The summed E-state index contributed by atoms with van der Waals surface area (Å²) >= 11 is 0. The van der Waals surface area contributed by atoms with E-state index < -0.39 is 5.82 Å². The van der Waals surface area contributed by atoms with Gasteiger partial charge in [0.15, 0.2) is 5.65 Å². The predicted molar refractivity (Wildman–Crippen MR) is 110 cm³/mol. The molecule has 0 spiro atoms. The number of likely N-dealkylation sites (tertiary alicyclic amines) is 1. The number of halogens is 1. The van der Waals surface area contributed by atoms with Gasteiger partial charge in [0, 0.05) is 30.3 Å². The second kappa shape index (κ2) is 7.94. The number of carbonyl (C=O) groups excluding carboxylic acids is 1. The number of carbonyl (C=O) groups is 1. The maximum atomic E-state index is 14.2. The normalized spacial score (nSPS) is 17.4.